The summed E-state index contributed by atoms with van der Waals surface area (Å²) in [5.74, 6) is 1.90. The van der Waals surface area contributed by atoms with Gasteiger partial charge in [0.15, 0.2) is 0 Å². The van der Waals surface area contributed by atoms with Gasteiger partial charge in [-0.1, -0.05) is 18.2 Å². The minimum atomic E-state index is 0.170. The van der Waals surface area contributed by atoms with Crippen molar-refractivity contribution in [1.29, 1.82) is 0 Å². The van der Waals surface area contributed by atoms with E-state index >= 15 is 0 Å². The molecule has 1 aliphatic heterocycles. The minimum absolute atomic E-state index is 0.170. The van der Waals surface area contributed by atoms with Crippen LogP contribution in [0.15, 0.2) is 36.7 Å². The fourth-order valence-electron chi connectivity index (χ4n) is 3.09. The Bertz CT molecular complexity index is 649. The van der Waals surface area contributed by atoms with Gasteiger partial charge in [-0.15, -0.1) is 0 Å². The molecule has 6 nitrogen and oxygen atoms in total. The summed E-state index contributed by atoms with van der Waals surface area (Å²) in [6.45, 7) is 2.33. The number of carbonyl (C=O) groups excluding carboxylic acids is 1. The molecule has 6 heteroatoms. The van der Waals surface area contributed by atoms with Crippen molar-refractivity contribution in [3.63, 3.8) is 0 Å². The number of ether oxygens (including phenoxy) is 1. The molecule has 0 bridgehead atoms. The summed E-state index contributed by atoms with van der Waals surface area (Å²) in [6.07, 6.45) is 5.93. The van der Waals surface area contributed by atoms with Crippen molar-refractivity contribution in [3.05, 3.63) is 48.0 Å². The highest BCUT2D eigenvalue weighted by Crippen LogP contribution is 2.20. The average Bonchev–Trinajstić information content (AvgIpc) is 3.14. The van der Waals surface area contributed by atoms with E-state index in [2.05, 4.69) is 15.3 Å². The molecule has 1 saturated heterocycles. The van der Waals surface area contributed by atoms with Crippen LogP contribution in [-0.4, -0.2) is 47.0 Å². The number of hydrogen-bond acceptors (Lipinski definition) is 4. The highest BCUT2D eigenvalue weighted by atomic mass is 16.5. The fourth-order valence-corrected chi connectivity index (χ4v) is 3.09. The Labute approximate surface area is 142 Å². The normalized spacial score (nSPS) is 15.5. The first-order valence-corrected chi connectivity index (χ1v) is 8.37. The van der Waals surface area contributed by atoms with Gasteiger partial charge in [0.1, 0.15) is 11.6 Å². The molecule has 0 aliphatic carbocycles. The maximum absolute atomic E-state index is 12.5. The van der Waals surface area contributed by atoms with E-state index in [-0.39, 0.29) is 5.91 Å². The quantitative estimate of drug-likeness (QED) is 0.847. The Kier molecular flexibility index (Phi) is 5.48. The summed E-state index contributed by atoms with van der Waals surface area (Å²) in [4.78, 5) is 21.8. The van der Waals surface area contributed by atoms with Gasteiger partial charge in [0.05, 0.1) is 20.1 Å². The van der Waals surface area contributed by atoms with Crippen molar-refractivity contribution in [2.45, 2.75) is 31.8 Å². The van der Waals surface area contributed by atoms with E-state index in [1.54, 1.807) is 13.3 Å². The van der Waals surface area contributed by atoms with E-state index in [9.17, 15) is 4.79 Å². The first kappa shape index (κ1) is 16.5. The van der Waals surface area contributed by atoms with E-state index in [1.807, 2.05) is 35.4 Å². The molecule has 24 heavy (non-hydrogen) atoms. The van der Waals surface area contributed by atoms with E-state index in [0.29, 0.717) is 12.5 Å². The predicted octanol–water partition coefficient (Wildman–Crippen LogP) is 1.74. The van der Waals surface area contributed by atoms with Gasteiger partial charge in [0.25, 0.3) is 0 Å². The summed E-state index contributed by atoms with van der Waals surface area (Å²) in [7, 11) is 1.64. The number of piperidine rings is 1. The molecule has 2 N–H and O–H groups in total. The average molecular weight is 328 g/mol. The van der Waals surface area contributed by atoms with Gasteiger partial charge in [0.2, 0.25) is 5.91 Å². The van der Waals surface area contributed by atoms with E-state index < -0.39 is 0 Å². The number of H-pyrrole nitrogens is 1. The molecular formula is C18H24N4O2. The number of methoxy groups -OCH3 is 1. The standard InChI is InChI=1S/C18H24N4O2/c1-24-16-5-3-2-4-14(16)12-18(23)22-10-6-15(7-11-22)21-13-17-19-8-9-20-17/h2-5,8-9,15,21H,6-7,10-13H2,1H3,(H,19,20). The van der Waals surface area contributed by atoms with Crippen molar-refractivity contribution in [2.75, 3.05) is 20.2 Å². The Balaban J connectivity index is 1.46. The lowest BCUT2D eigenvalue weighted by atomic mass is 10.0. The van der Waals surface area contributed by atoms with Crippen molar-refractivity contribution < 1.29 is 9.53 Å². The number of imidazole rings is 1. The van der Waals surface area contributed by atoms with Crippen molar-refractivity contribution in [2.24, 2.45) is 0 Å². The second-order valence-corrected chi connectivity index (χ2v) is 6.06. The molecular weight excluding hydrogens is 304 g/mol. The molecule has 1 aliphatic rings. The number of benzene rings is 1. The van der Waals surface area contributed by atoms with Gasteiger partial charge in [0, 0.05) is 37.1 Å². The van der Waals surface area contributed by atoms with Crippen molar-refractivity contribution in [1.82, 2.24) is 20.2 Å². The molecule has 2 heterocycles. The monoisotopic (exact) mass is 328 g/mol. The number of hydrogen-bond donors (Lipinski definition) is 2. The van der Waals surface area contributed by atoms with E-state index in [1.165, 1.54) is 0 Å². The fraction of sp³-hybridized carbons (Fsp3) is 0.444. The molecule has 0 atom stereocenters. The van der Waals surface area contributed by atoms with Crippen molar-refractivity contribution in [3.8, 4) is 5.75 Å². The summed E-state index contributed by atoms with van der Waals surface area (Å²) in [5, 5.41) is 3.50. The zero-order valence-electron chi connectivity index (χ0n) is 14.0. The SMILES string of the molecule is COc1ccccc1CC(=O)N1CCC(NCc2ncc[nH]2)CC1. The zero-order valence-corrected chi connectivity index (χ0v) is 14.0. The van der Waals surface area contributed by atoms with Crippen LogP contribution in [0.1, 0.15) is 24.2 Å². The second-order valence-electron chi connectivity index (χ2n) is 6.06. The topological polar surface area (TPSA) is 70.2 Å². The molecule has 2 aromatic rings. The van der Waals surface area contributed by atoms with Crippen LogP contribution >= 0.6 is 0 Å². The Morgan fingerprint density at radius 3 is 2.88 bits per heavy atom. The number of aromatic amines is 1. The first-order chi connectivity index (χ1) is 11.8. The van der Waals surface area contributed by atoms with Gasteiger partial charge >= 0.3 is 0 Å². The highest BCUT2D eigenvalue weighted by molar-refractivity contribution is 5.79. The minimum Gasteiger partial charge on any atom is -0.496 e. The van der Waals surface area contributed by atoms with Gasteiger partial charge in [-0.2, -0.15) is 0 Å². The van der Waals surface area contributed by atoms with Gasteiger partial charge < -0.3 is 19.9 Å². The maximum Gasteiger partial charge on any atom is 0.227 e. The molecule has 0 radical (unpaired) electrons. The van der Waals surface area contributed by atoms with Crippen molar-refractivity contribution >= 4 is 5.91 Å². The summed E-state index contributed by atoms with van der Waals surface area (Å²) in [6, 6.07) is 8.14. The molecule has 0 spiro atoms. The van der Waals surface area contributed by atoms with E-state index in [4.69, 9.17) is 4.74 Å². The zero-order chi connectivity index (χ0) is 16.8. The number of rotatable bonds is 6. The molecule has 0 saturated carbocycles. The third-order valence-corrected chi connectivity index (χ3v) is 4.49. The van der Waals surface area contributed by atoms with Gasteiger partial charge in [-0.25, -0.2) is 4.98 Å². The molecule has 3 rings (SSSR count). The summed E-state index contributed by atoms with van der Waals surface area (Å²) in [5.41, 5.74) is 0.947. The molecule has 1 aromatic carbocycles. The molecule has 1 fully saturated rings. The number of carbonyl (C=O) groups is 1. The lowest BCUT2D eigenvalue weighted by molar-refractivity contribution is -0.131. The lowest BCUT2D eigenvalue weighted by Crippen LogP contribution is -2.45. The smallest absolute Gasteiger partial charge is 0.227 e. The number of nitrogens with zero attached hydrogens (tertiary/aromatic N) is 2. The lowest BCUT2D eigenvalue weighted by Gasteiger charge is -2.32. The largest absolute Gasteiger partial charge is 0.496 e. The van der Waals surface area contributed by atoms with Gasteiger partial charge in [-0.05, 0) is 18.9 Å². The summed E-state index contributed by atoms with van der Waals surface area (Å²) >= 11 is 0. The maximum atomic E-state index is 12.5. The molecule has 1 aromatic heterocycles. The van der Waals surface area contributed by atoms with Gasteiger partial charge in [-0.3, -0.25) is 4.79 Å². The number of nitrogens with one attached hydrogen (secondary N) is 2. The van der Waals surface area contributed by atoms with Crippen LogP contribution in [0.4, 0.5) is 0 Å². The number of likely N-dealkylation sites (tertiary alicyclic amines) is 1. The molecule has 0 unspecified atom stereocenters. The second kappa shape index (κ2) is 7.97. The van der Waals surface area contributed by atoms with Crippen LogP contribution in [0, 0.1) is 0 Å². The Hall–Kier alpha value is -2.34. The Morgan fingerprint density at radius 2 is 2.17 bits per heavy atom. The predicted molar refractivity (Wildman–Crippen MR) is 91.7 cm³/mol. The van der Waals surface area contributed by atoms with Crippen LogP contribution in [0.2, 0.25) is 0 Å². The summed E-state index contributed by atoms with van der Waals surface area (Å²) < 4.78 is 5.33. The van der Waals surface area contributed by atoms with Crippen LogP contribution < -0.4 is 10.1 Å². The van der Waals surface area contributed by atoms with Crippen LogP contribution in [0.3, 0.4) is 0 Å². The number of amides is 1. The van der Waals surface area contributed by atoms with Crippen LogP contribution in [0.25, 0.3) is 0 Å². The third kappa shape index (κ3) is 4.14. The number of para-hydroxylation sites is 1. The van der Waals surface area contributed by atoms with Crippen LogP contribution in [-0.2, 0) is 17.8 Å². The highest BCUT2D eigenvalue weighted by Gasteiger charge is 2.23. The Morgan fingerprint density at radius 1 is 1.38 bits per heavy atom. The third-order valence-electron chi connectivity index (χ3n) is 4.49. The first-order valence-electron chi connectivity index (χ1n) is 8.37. The van der Waals surface area contributed by atoms with E-state index in [0.717, 1.165) is 49.6 Å². The molecule has 1 amide bonds. The van der Waals surface area contributed by atoms with Crippen LogP contribution in [0.5, 0.6) is 5.75 Å². The molecule has 128 valence electrons. The number of aromatic nitrogens is 2.